The Morgan fingerprint density at radius 1 is 1.50 bits per heavy atom. The van der Waals surface area contributed by atoms with Crippen molar-refractivity contribution in [1.82, 2.24) is 0 Å². The highest BCUT2D eigenvalue weighted by atomic mass is 35.5. The van der Waals surface area contributed by atoms with Crippen LogP contribution in [0, 0.1) is 0 Å². The lowest BCUT2D eigenvalue weighted by atomic mass is 10.0. The van der Waals surface area contributed by atoms with E-state index in [0.717, 1.165) is 11.1 Å². The van der Waals surface area contributed by atoms with Gasteiger partial charge < -0.3 is 5.11 Å². The minimum atomic E-state index is -0.0822. The molecule has 0 amide bonds. The van der Waals surface area contributed by atoms with Crippen molar-refractivity contribution in [3.8, 4) is 5.75 Å². The van der Waals surface area contributed by atoms with Crippen LogP contribution in [-0.4, -0.2) is 16.8 Å². The van der Waals surface area contributed by atoms with E-state index >= 15 is 0 Å². The van der Waals surface area contributed by atoms with Crippen molar-refractivity contribution >= 4 is 23.0 Å². The highest BCUT2D eigenvalue weighted by Crippen LogP contribution is 2.23. The quantitative estimate of drug-likeness (QED) is 0.628. The standard InChI is InChI=1S/C13H15ClO2/c1-9(2)10-5-6-13(16)11(8-10)12(15)4-3-7-14/h5-6,8,16H,1,3-4,7H2,2H3. The molecule has 1 aromatic carbocycles. The van der Waals surface area contributed by atoms with Crippen LogP contribution in [0.4, 0.5) is 0 Å². The van der Waals surface area contributed by atoms with E-state index in [9.17, 15) is 9.90 Å². The molecular weight excluding hydrogens is 224 g/mol. The van der Waals surface area contributed by atoms with Gasteiger partial charge in [0.1, 0.15) is 5.75 Å². The van der Waals surface area contributed by atoms with E-state index in [1.54, 1.807) is 12.1 Å². The van der Waals surface area contributed by atoms with Gasteiger partial charge in [-0.25, -0.2) is 0 Å². The summed E-state index contributed by atoms with van der Waals surface area (Å²) in [6.07, 6.45) is 0.980. The van der Waals surface area contributed by atoms with Crippen LogP contribution in [-0.2, 0) is 0 Å². The van der Waals surface area contributed by atoms with E-state index in [-0.39, 0.29) is 11.5 Å². The number of rotatable bonds is 5. The molecule has 16 heavy (non-hydrogen) atoms. The molecule has 3 heteroatoms. The molecule has 1 N–H and O–H groups in total. The second kappa shape index (κ2) is 5.71. The molecule has 0 spiro atoms. The minimum absolute atomic E-state index is 0.0181. The Labute approximate surface area is 101 Å². The maximum absolute atomic E-state index is 11.8. The second-order valence-electron chi connectivity index (χ2n) is 3.73. The fourth-order valence-corrected chi connectivity index (χ4v) is 1.52. The number of halogens is 1. The topological polar surface area (TPSA) is 37.3 Å². The number of alkyl halides is 1. The van der Waals surface area contributed by atoms with Gasteiger partial charge in [0.15, 0.2) is 5.78 Å². The number of Topliss-reactive ketones (excluding diaryl/α,β-unsaturated/α-hetero) is 1. The molecule has 2 nitrogen and oxygen atoms in total. The first-order chi connectivity index (χ1) is 7.56. The van der Waals surface area contributed by atoms with E-state index in [1.165, 1.54) is 6.07 Å². The van der Waals surface area contributed by atoms with Gasteiger partial charge in [0.05, 0.1) is 5.56 Å². The molecule has 0 saturated heterocycles. The molecule has 1 rings (SSSR count). The van der Waals surface area contributed by atoms with Crippen molar-refractivity contribution < 1.29 is 9.90 Å². The van der Waals surface area contributed by atoms with Crippen LogP contribution in [0.25, 0.3) is 5.57 Å². The number of aromatic hydroxyl groups is 1. The molecule has 86 valence electrons. The SMILES string of the molecule is C=C(C)c1ccc(O)c(C(=O)CCCCl)c1. The summed E-state index contributed by atoms with van der Waals surface area (Å²) in [6.45, 7) is 5.66. The lowest BCUT2D eigenvalue weighted by molar-refractivity contribution is 0.0979. The van der Waals surface area contributed by atoms with Crippen LogP contribution in [0.5, 0.6) is 5.75 Å². The number of hydrogen-bond acceptors (Lipinski definition) is 2. The molecule has 0 bridgehead atoms. The molecule has 0 radical (unpaired) electrons. The third-order valence-corrected chi connectivity index (χ3v) is 2.59. The summed E-state index contributed by atoms with van der Waals surface area (Å²) in [5.41, 5.74) is 2.09. The Kier molecular flexibility index (Phi) is 4.56. The Morgan fingerprint density at radius 2 is 2.19 bits per heavy atom. The van der Waals surface area contributed by atoms with Gasteiger partial charge in [-0.15, -0.1) is 11.6 Å². The van der Waals surface area contributed by atoms with E-state index in [1.807, 2.05) is 6.92 Å². The lowest BCUT2D eigenvalue weighted by Crippen LogP contribution is -2.00. The Morgan fingerprint density at radius 3 is 2.75 bits per heavy atom. The summed E-state index contributed by atoms with van der Waals surface area (Å²) in [4.78, 5) is 11.8. The first-order valence-corrected chi connectivity index (χ1v) is 5.67. The average molecular weight is 239 g/mol. The predicted molar refractivity (Wildman–Crippen MR) is 67.1 cm³/mol. The first kappa shape index (κ1) is 12.8. The van der Waals surface area contributed by atoms with Gasteiger partial charge in [0.25, 0.3) is 0 Å². The van der Waals surface area contributed by atoms with Gasteiger partial charge in [-0.1, -0.05) is 18.2 Å². The van der Waals surface area contributed by atoms with Crippen LogP contribution in [0.2, 0.25) is 0 Å². The largest absolute Gasteiger partial charge is 0.507 e. The van der Waals surface area contributed by atoms with Crippen molar-refractivity contribution in [3.05, 3.63) is 35.9 Å². The maximum Gasteiger partial charge on any atom is 0.166 e. The molecule has 0 atom stereocenters. The van der Waals surface area contributed by atoms with Crippen LogP contribution >= 0.6 is 11.6 Å². The first-order valence-electron chi connectivity index (χ1n) is 5.14. The van der Waals surface area contributed by atoms with E-state index in [2.05, 4.69) is 6.58 Å². The molecule has 0 heterocycles. The summed E-state index contributed by atoms with van der Waals surface area (Å²) in [6, 6.07) is 4.95. The zero-order valence-corrected chi connectivity index (χ0v) is 10.0. The summed E-state index contributed by atoms with van der Waals surface area (Å²) in [5.74, 6) is 0.387. The molecular formula is C13H15ClO2. The van der Waals surface area contributed by atoms with Gasteiger partial charge in [-0.2, -0.15) is 0 Å². The number of phenolic OH excluding ortho intramolecular Hbond substituents is 1. The maximum atomic E-state index is 11.8. The minimum Gasteiger partial charge on any atom is -0.507 e. The molecule has 0 unspecified atom stereocenters. The number of hydrogen-bond donors (Lipinski definition) is 1. The molecule has 0 saturated carbocycles. The fourth-order valence-electron chi connectivity index (χ4n) is 1.39. The van der Waals surface area contributed by atoms with Gasteiger partial charge in [-0.05, 0) is 31.0 Å². The number of allylic oxidation sites excluding steroid dienone is 1. The molecule has 0 aliphatic heterocycles. The number of carbonyl (C=O) groups is 1. The molecule has 1 aromatic rings. The van der Waals surface area contributed by atoms with Crippen LogP contribution < -0.4 is 0 Å². The Balaban J connectivity index is 2.97. The summed E-state index contributed by atoms with van der Waals surface area (Å²) >= 11 is 5.53. The van der Waals surface area contributed by atoms with Gasteiger partial charge >= 0.3 is 0 Å². The molecule has 0 fully saturated rings. The Bertz CT molecular complexity index is 410. The van der Waals surface area contributed by atoms with E-state index in [4.69, 9.17) is 11.6 Å². The highest BCUT2D eigenvalue weighted by molar-refractivity contribution is 6.18. The van der Waals surface area contributed by atoms with Crippen LogP contribution in [0.15, 0.2) is 24.8 Å². The zero-order valence-electron chi connectivity index (χ0n) is 9.29. The fraction of sp³-hybridized carbons (Fsp3) is 0.308. The van der Waals surface area contributed by atoms with Crippen molar-refractivity contribution in [1.29, 1.82) is 0 Å². The predicted octanol–water partition coefficient (Wildman–Crippen LogP) is 3.63. The average Bonchev–Trinajstić information content (AvgIpc) is 2.26. The number of phenols is 1. The zero-order chi connectivity index (χ0) is 12.1. The van der Waals surface area contributed by atoms with Crippen molar-refractivity contribution in [2.24, 2.45) is 0 Å². The number of benzene rings is 1. The summed E-state index contributed by atoms with van der Waals surface area (Å²) < 4.78 is 0. The van der Waals surface area contributed by atoms with Gasteiger partial charge in [0.2, 0.25) is 0 Å². The van der Waals surface area contributed by atoms with Crippen LogP contribution in [0.3, 0.4) is 0 Å². The lowest BCUT2D eigenvalue weighted by Gasteiger charge is -2.06. The molecule has 0 aromatic heterocycles. The van der Waals surface area contributed by atoms with Crippen LogP contribution in [0.1, 0.15) is 35.7 Å². The highest BCUT2D eigenvalue weighted by Gasteiger charge is 2.11. The van der Waals surface area contributed by atoms with Gasteiger partial charge in [0, 0.05) is 12.3 Å². The Hall–Kier alpha value is -1.28. The summed E-state index contributed by atoms with van der Waals surface area (Å²) in [5, 5.41) is 9.60. The second-order valence-corrected chi connectivity index (χ2v) is 4.11. The van der Waals surface area contributed by atoms with Crippen molar-refractivity contribution in [2.45, 2.75) is 19.8 Å². The van der Waals surface area contributed by atoms with E-state index < -0.39 is 0 Å². The van der Waals surface area contributed by atoms with Gasteiger partial charge in [-0.3, -0.25) is 4.79 Å². The van der Waals surface area contributed by atoms with Crippen molar-refractivity contribution in [2.75, 3.05) is 5.88 Å². The van der Waals surface area contributed by atoms with E-state index in [0.29, 0.717) is 24.3 Å². The third-order valence-electron chi connectivity index (χ3n) is 2.33. The smallest absolute Gasteiger partial charge is 0.166 e. The monoisotopic (exact) mass is 238 g/mol. The molecule has 0 aliphatic carbocycles. The summed E-state index contributed by atoms with van der Waals surface area (Å²) in [7, 11) is 0. The normalized spacial score (nSPS) is 10.1. The number of carbonyl (C=O) groups excluding carboxylic acids is 1. The van der Waals surface area contributed by atoms with Crippen molar-refractivity contribution in [3.63, 3.8) is 0 Å². The number of ketones is 1. The third kappa shape index (κ3) is 3.11. The molecule has 0 aliphatic rings.